The van der Waals surface area contributed by atoms with E-state index in [9.17, 15) is 9.50 Å². The van der Waals surface area contributed by atoms with Gasteiger partial charge in [-0.25, -0.2) is 4.39 Å². The topological polar surface area (TPSA) is 35.5 Å². The number of nitrogens with zero attached hydrogens (tertiary/aromatic N) is 1. The first-order valence-electron chi connectivity index (χ1n) is 7.01. The molecule has 0 radical (unpaired) electrons. The van der Waals surface area contributed by atoms with Crippen molar-refractivity contribution in [1.82, 2.24) is 10.2 Å². The normalized spacial score (nSPS) is 17.8. The third kappa shape index (κ3) is 4.80. The van der Waals surface area contributed by atoms with Gasteiger partial charge in [0, 0.05) is 12.6 Å². The summed E-state index contributed by atoms with van der Waals surface area (Å²) in [6.45, 7) is 3.95. The second-order valence-electron chi connectivity index (χ2n) is 5.53. The Bertz CT molecular complexity index is 383. The van der Waals surface area contributed by atoms with Crippen LogP contribution in [-0.4, -0.2) is 36.7 Å². The molecule has 1 aliphatic heterocycles. The maximum atomic E-state index is 13.1. The average molecular weight is 266 g/mol. The summed E-state index contributed by atoms with van der Waals surface area (Å²) in [4.78, 5) is 2.37. The van der Waals surface area contributed by atoms with Crippen LogP contribution in [0.2, 0.25) is 0 Å². The highest BCUT2D eigenvalue weighted by atomic mass is 19.1. The van der Waals surface area contributed by atoms with Crippen LogP contribution in [-0.2, 0) is 6.54 Å². The van der Waals surface area contributed by atoms with Crippen LogP contribution in [0, 0.1) is 11.7 Å². The maximum absolute atomic E-state index is 13.1. The number of benzene rings is 1. The monoisotopic (exact) mass is 266 g/mol. The predicted octanol–water partition coefficient (Wildman–Crippen LogP) is 2.35. The van der Waals surface area contributed by atoms with Crippen LogP contribution in [0.25, 0.3) is 0 Å². The molecule has 4 heteroatoms. The molecular weight excluding hydrogens is 243 g/mol. The highest BCUT2D eigenvalue weighted by Crippen LogP contribution is 2.19. The van der Waals surface area contributed by atoms with E-state index >= 15 is 0 Å². The largest absolute Gasteiger partial charge is 0.508 e. The van der Waals surface area contributed by atoms with Gasteiger partial charge >= 0.3 is 0 Å². The minimum atomic E-state index is -0.382. The van der Waals surface area contributed by atoms with Crippen LogP contribution in [0.4, 0.5) is 4.39 Å². The van der Waals surface area contributed by atoms with Crippen molar-refractivity contribution in [3.05, 3.63) is 29.6 Å². The molecule has 0 aliphatic carbocycles. The highest BCUT2D eigenvalue weighted by molar-refractivity contribution is 5.28. The second-order valence-corrected chi connectivity index (χ2v) is 5.53. The van der Waals surface area contributed by atoms with Gasteiger partial charge in [0.15, 0.2) is 0 Å². The van der Waals surface area contributed by atoms with E-state index in [1.54, 1.807) is 6.07 Å². The molecule has 1 aliphatic rings. The minimum Gasteiger partial charge on any atom is -0.508 e. The number of piperidine rings is 1. The summed E-state index contributed by atoms with van der Waals surface area (Å²) in [5.41, 5.74) is 0.792. The second kappa shape index (κ2) is 6.87. The standard InChI is InChI=1S/C15H23FN2O/c1-18-6-3-12(4-7-18)2-5-17-11-13-8-14(16)10-15(19)9-13/h8-10,12,17,19H,2-7,11H2,1H3. The van der Waals surface area contributed by atoms with Crippen molar-refractivity contribution in [2.75, 3.05) is 26.7 Å². The van der Waals surface area contributed by atoms with E-state index in [0.717, 1.165) is 24.1 Å². The summed E-state index contributed by atoms with van der Waals surface area (Å²) in [5.74, 6) is 0.420. The number of phenolic OH excluding ortho intramolecular Hbond substituents is 1. The summed E-state index contributed by atoms with van der Waals surface area (Å²) in [7, 11) is 2.17. The van der Waals surface area contributed by atoms with Gasteiger partial charge < -0.3 is 15.3 Å². The zero-order valence-electron chi connectivity index (χ0n) is 11.5. The lowest BCUT2D eigenvalue weighted by molar-refractivity contribution is 0.211. The molecule has 106 valence electrons. The number of hydrogen-bond donors (Lipinski definition) is 2. The number of likely N-dealkylation sites (tertiary alicyclic amines) is 1. The van der Waals surface area contributed by atoms with Crippen molar-refractivity contribution >= 4 is 0 Å². The van der Waals surface area contributed by atoms with Gasteiger partial charge in [0.1, 0.15) is 11.6 Å². The zero-order valence-corrected chi connectivity index (χ0v) is 11.5. The SMILES string of the molecule is CN1CCC(CCNCc2cc(O)cc(F)c2)CC1. The third-order valence-corrected chi connectivity index (χ3v) is 3.84. The van der Waals surface area contributed by atoms with Gasteiger partial charge in [-0.2, -0.15) is 0 Å². The first-order valence-corrected chi connectivity index (χ1v) is 7.01. The zero-order chi connectivity index (χ0) is 13.7. The number of halogens is 1. The Morgan fingerprint density at radius 3 is 2.74 bits per heavy atom. The van der Waals surface area contributed by atoms with E-state index in [0.29, 0.717) is 6.54 Å². The van der Waals surface area contributed by atoms with Gasteiger partial charge in [-0.15, -0.1) is 0 Å². The average Bonchev–Trinajstić information content (AvgIpc) is 2.36. The summed E-state index contributed by atoms with van der Waals surface area (Å²) in [5, 5.41) is 12.6. The fraction of sp³-hybridized carbons (Fsp3) is 0.600. The van der Waals surface area contributed by atoms with Crippen LogP contribution >= 0.6 is 0 Å². The van der Waals surface area contributed by atoms with Crippen LogP contribution in [0.5, 0.6) is 5.75 Å². The van der Waals surface area contributed by atoms with Crippen molar-refractivity contribution in [3.8, 4) is 5.75 Å². The van der Waals surface area contributed by atoms with Crippen LogP contribution < -0.4 is 5.32 Å². The van der Waals surface area contributed by atoms with Crippen molar-refractivity contribution < 1.29 is 9.50 Å². The number of hydrogen-bond acceptors (Lipinski definition) is 3. The molecule has 1 heterocycles. The van der Waals surface area contributed by atoms with Crippen LogP contribution in [0.3, 0.4) is 0 Å². The Balaban J connectivity index is 1.66. The molecule has 1 aromatic carbocycles. The molecule has 0 spiro atoms. The Kier molecular flexibility index (Phi) is 5.16. The van der Waals surface area contributed by atoms with Gasteiger partial charge in [0.05, 0.1) is 0 Å². The number of nitrogens with one attached hydrogen (secondary N) is 1. The van der Waals surface area contributed by atoms with Crippen LogP contribution in [0.15, 0.2) is 18.2 Å². The molecule has 0 amide bonds. The lowest BCUT2D eigenvalue weighted by atomic mass is 9.94. The number of rotatable bonds is 5. The summed E-state index contributed by atoms with van der Waals surface area (Å²) in [6.07, 6.45) is 3.73. The van der Waals surface area contributed by atoms with E-state index < -0.39 is 0 Å². The lowest BCUT2D eigenvalue weighted by Gasteiger charge is -2.28. The molecule has 1 fully saturated rings. The highest BCUT2D eigenvalue weighted by Gasteiger charge is 2.15. The van der Waals surface area contributed by atoms with Crippen molar-refractivity contribution in [1.29, 1.82) is 0 Å². The predicted molar refractivity (Wildman–Crippen MR) is 74.6 cm³/mol. The first kappa shape index (κ1) is 14.3. The van der Waals surface area contributed by atoms with Crippen molar-refractivity contribution in [3.63, 3.8) is 0 Å². The Morgan fingerprint density at radius 1 is 1.32 bits per heavy atom. The van der Waals surface area contributed by atoms with Gasteiger partial charge in [0.25, 0.3) is 0 Å². The molecule has 0 unspecified atom stereocenters. The number of aromatic hydroxyl groups is 1. The fourth-order valence-corrected chi connectivity index (χ4v) is 2.63. The molecule has 0 atom stereocenters. The maximum Gasteiger partial charge on any atom is 0.127 e. The van der Waals surface area contributed by atoms with Crippen molar-refractivity contribution in [2.24, 2.45) is 5.92 Å². The minimum absolute atomic E-state index is 0.00730. The quantitative estimate of drug-likeness (QED) is 0.803. The molecule has 19 heavy (non-hydrogen) atoms. The molecule has 1 aromatic rings. The molecule has 0 aromatic heterocycles. The van der Waals surface area contributed by atoms with Gasteiger partial charge in [0.2, 0.25) is 0 Å². The first-order chi connectivity index (χ1) is 9.13. The Hall–Kier alpha value is -1.13. The fourth-order valence-electron chi connectivity index (χ4n) is 2.63. The molecule has 0 saturated carbocycles. The summed E-state index contributed by atoms with van der Waals surface area (Å²) < 4.78 is 13.1. The van der Waals surface area contributed by atoms with Crippen LogP contribution in [0.1, 0.15) is 24.8 Å². The summed E-state index contributed by atoms with van der Waals surface area (Å²) >= 11 is 0. The lowest BCUT2D eigenvalue weighted by Crippen LogP contribution is -2.31. The third-order valence-electron chi connectivity index (χ3n) is 3.84. The number of phenols is 1. The van der Waals surface area contributed by atoms with E-state index in [-0.39, 0.29) is 11.6 Å². The van der Waals surface area contributed by atoms with E-state index in [4.69, 9.17) is 0 Å². The Morgan fingerprint density at radius 2 is 2.05 bits per heavy atom. The molecule has 2 rings (SSSR count). The molecular formula is C15H23FN2O. The van der Waals surface area contributed by atoms with Gasteiger partial charge in [-0.3, -0.25) is 0 Å². The molecule has 0 bridgehead atoms. The van der Waals surface area contributed by atoms with E-state index in [1.807, 2.05) is 0 Å². The van der Waals surface area contributed by atoms with Gasteiger partial charge in [-0.1, -0.05) is 0 Å². The molecule has 3 nitrogen and oxygen atoms in total. The van der Waals surface area contributed by atoms with Gasteiger partial charge in [-0.05, 0) is 69.6 Å². The smallest absolute Gasteiger partial charge is 0.127 e. The Labute approximate surface area is 114 Å². The summed E-state index contributed by atoms with van der Waals surface area (Å²) in [6, 6.07) is 4.19. The molecule has 1 saturated heterocycles. The van der Waals surface area contributed by atoms with E-state index in [2.05, 4.69) is 17.3 Å². The van der Waals surface area contributed by atoms with E-state index in [1.165, 1.54) is 38.4 Å². The van der Waals surface area contributed by atoms with Crippen molar-refractivity contribution in [2.45, 2.75) is 25.8 Å². The molecule has 2 N–H and O–H groups in total.